The van der Waals surface area contributed by atoms with Crippen molar-refractivity contribution < 1.29 is 4.79 Å². The van der Waals surface area contributed by atoms with Crippen LogP contribution in [0, 0.1) is 13.8 Å². The summed E-state index contributed by atoms with van der Waals surface area (Å²) in [5, 5.41) is 16.2. The van der Waals surface area contributed by atoms with Crippen LogP contribution in [0.4, 0.5) is 0 Å². The van der Waals surface area contributed by atoms with Gasteiger partial charge >= 0.3 is 0 Å². The predicted octanol–water partition coefficient (Wildman–Crippen LogP) is 1.38. The van der Waals surface area contributed by atoms with Gasteiger partial charge in [-0.25, -0.2) is 5.43 Å². The van der Waals surface area contributed by atoms with E-state index in [1.807, 2.05) is 0 Å². The highest BCUT2D eigenvalue weighted by molar-refractivity contribution is 6.30. The maximum absolute atomic E-state index is 12.4. The van der Waals surface area contributed by atoms with Crippen LogP contribution in [0.3, 0.4) is 0 Å². The van der Waals surface area contributed by atoms with Gasteiger partial charge in [0.25, 0.3) is 17.4 Å². The molecule has 2 aromatic heterocycles. The van der Waals surface area contributed by atoms with Crippen LogP contribution >= 0.6 is 11.6 Å². The van der Waals surface area contributed by atoms with Gasteiger partial charge in [-0.15, -0.1) is 10.2 Å². The van der Waals surface area contributed by atoms with E-state index in [2.05, 4.69) is 30.8 Å². The molecule has 0 radical (unpaired) electrons. The molecule has 0 bridgehead atoms. The molecule has 0 aliphatic heterocycles. The third kappa shape index (κ3) is 3.83. The molecule has 0 spiro atoms. The van der Waals surface area contributed by atoms with E-state index in [1.54, 1.807) is 37.3 Å². The number of benzene rings is 1. The molecule has 0 atom stereocenters. The van der Waals surface area contributed by atoms with Crippen molar-refractivity contribution in [3.63, 3.8) is 0 Å². The molecule has 3 rings (SSSR count). The number of aryl methyl sites for hydroxylation is 2. The minimum atomic E-state index is -0.521. The molecule has 0 aliphatic rings. The van der Waals surface area contributed by atoms with E-state index in [-0.39, 0.29) is 17.3 Å². The summed E-state index contributed by atoms with van der Waals surface area (Å²) >= 11 is 5.89. The number of carbonyl (C=O) groups excluding carboxylic acids is 1. The lowest BCUT2D eigenvalue weighted by Gasteiger charge is -2.04. The first-order valence-corrected chi connectivity index (χ1v) is 7.91. The maximum atomic E-state index is 12.4. The molecule has 0 fully saturated rings. The molecule has 1 aromatic carbocycles. The van der Waals surface area contributed by atoms with Crippen LogP contribution < -0.4 is 11.0 Å². The fraction of sp³-hybridized carbons (Fsp3) is 0.125. The van der Waals surface area contributed by atoms with Gasteiger partial charge in [-0.05, 0) is 37.6 Å². The molecule has 3 aromatic rings. The summed E-state index contributed by atoms with van der Waals surface area (Å²) in [7, 11) is 0. The van der Waals surface area contributed by atoms with Gasteiger partial charge in [0.15, 0.2) is 0 Å². The lowest BCUT2D eigenvalue weighted by Crippen LogP contribution is -2.24. The summed E-state index contributed by atoms with van der Waals surface area (Å²) < 4.78 is 1.20. The first kappa shape index (κ1) is 17.5. The molecule has 26 heavy (non-hydrogen) atoms. The number of aromatic nitrogens is 5. The summed E-state index contributed by atoms with van der Waals surface area (Å²) in [4.78, 5) is 26.7. The van der Waals surface area contributed by atoms with Gasteiger partial charge in [0.1, 0.15) is 11.4 Å². The summed E-state index contributed by atoms with van der Waals surface area (Å²) in [6, 6.07) is 8.56. The number of nitrogens with one attached hydrogen (secondary N) is 2. The zero-order chi connectivity index (χ0) is 18.7. The topological polar surface area (TPSA) is 118 Å². The lowest BCUT2D eigenvalue weighted by atomic mass is 10.2. The van der Waals surface area contributed by atoms with Gasteiger partial charge in [-0.3, -0.25) is 14.6 Å². The van der Waals surface area contributed by atoms with Crippen LogP contribution in [0.2, 0.25) is 5.02 Å². The van der Waals surface area contributed by atoms with Crippen molar-refractivity contribution in [2.45, 2.75) is 13.8 Å². The molecule has 1 amide bonds. The highest BCUT2D eigenvalue weighted by atomic mass is 35.5. The summed E-state index contributed by atoms with van der Waals surface area (Å²) in [6.45, 7) is 3.24. The van der Waals surface area contributed by atoms with E-state index in [9.17, 15) is 9.59 Å². The van der Waals surface area contributed by atoms with E-state index in [4.69, 9.17) is 11.6 Å². The Kier molecular flexibility index (Phi) is 4.90. The second-order valence-corrected chi connectivity index (χ2v) is 5.84. The smallest absolute Gasteiger partial charge is 0.288 e. The second-order valence-electron chi connectivity index (χ2n) is 5.40. The fourth-order valence-electron chi connectivity index (χ4n) is 2.11. The van der Waals surface area contributed by atoms with Gasteiger partial charge in [0.05, 0.1) is 11.9 Å². The van der Waals surface area contributed by atoms with Crippen molar-refractivity contribution in [1.82, 2.24) is 30.4 Å². The fourth-order valence-corrected chi connectivity index (χ4v) is 2.31. The van der Waals surface area contributed by atoms with E-state index in [1.165, 1.54) is 17.8 Å². The van der Waals surface area contributed by atoms with Crippen molar-refractivity contribution >= 4 is 23.7 Å². The Morgan fingerprint density at radius 1 is 1.31 bits per heavy atom. The normalized spacial score (nSPS) is 11.0. The molecular formula is C16H14ClN7O2. The summed E-state index contributed by atoms with van der Waals surface area (Å²) in [5.41, 5.74) is 3.66. The van der Waals surface area contributed by atoms with Gasteiger partial charge < -0.3 is 0 Å². The number of amides is 1. The van der Waals surface area contributed by atoms with Crippen molar-refractivity contribution in [3.8, 4) is 5.95 Å². The number of hydrazone groups is 1. The molecule has 2 heterocycles. The third-order valence-corrected chi connectivity index (χ3v) is 3.58. The molecule has 0 saturated carbocycles. The Bertz CT molecular complexity index is 1050. The lowest BCUT2D eigenvalue weighted by molar-refractivity contribution is 0.0947. The standard InChI is InChI=1S/C16H14ClN7O2/c1-9-6-13(24(23-9)16-19-14(25)10(2)20-22-16)15(26)21-18-8-11-4-3-5-12(17)7-11/h3-8H,1-2H3,(H,21,26)(H,19,22,25)/b18-8-. The number of H-pyrrole nitrogens is 1. The van der Waals surface area contributed by atoms with E-state index < -0.39 is 11.5 Å². The number of hydrogen-bond donors (Lipinski definition) is 2. The molecule has 10 heteroatoms. The molecule has 0 aliphatic carbocycles. The monoisotopic (exact) mass is 371 g/mol. The van der Waals surface area contributed by atoms with E-state index in [0.717, 1.165) is 5.56 Å². The summed E-state index contributed by atoms with van der Waals surface area (Å²) in [5.74, 6) is -0.482. The number of nitrogens with zero attached hydrogens (tertiary/aromatic N) is 5. The van der Waals surface area contributed by atoms with Crippen molar-refractivity contribution in [3.05, 3.63) is 68.4 Å². The Morgan fingerprint density at radius 2 is 2.12 bits per heavy atom. The average molecular weight is 372 g/mol. The van der Waals surface area contributed by atoms with Crippen LogP contribution in [-0.2, 0) is 0 Å². The zero-order valence-corrected chi connectivity index (χ0v) is 14.7. The van der Waals surface area contributed by atoms with Crippen LogP contribution in [0.15, 0.2) is 40.2 Å². The zero-order valence-electron chi connectivity index (χ0n) is 13.9. The number of halogens is 1. The molecular weight excluding hydrogens is 358 g/mol. The SMILES string of the molecule is Cc1cc(C(=O)N/N=C\c2cccc(Cl)c2)n(-c2nnc(C)c(=O)[nH]2)n1. The summed E-state index contributed by atoms with van der Waals surface area (Å²) in [6.07, 6.45) is 1.46. The number of aromatic amines is 1. The van der Waals surface area contributed by atoms with Gasteiger partial charge in [0, 0.05) is 5.02 Å². The minimum Gasteiger partial charge on any atom is -0.288 e. The highest BCUT2D eigenvalue weighted by Gasteiger charge is 2.17. The largest absolute Gasteiger partial charge is 0.290 e. The first-order valence-electron chi connectivity index (χ1n) is 7.53. The molecule has 9 nitrogen and oxygen atoms in total. The number of carbonyl (C=O) groups is 1. The average Bonchev–Trinajstić information content (AvgIpc) is 2.99. The number of hydrogen-bond acceptors (Lipinski definition) is 6. The van der Waals surface area contributed by atoms with Crippen molar-refractivity contribution in [2.24, 2.45) is 5.10 Å². The molecule has 0 saturated heterocycles. The Labute approximate surface area is 152 Å². The molecule has 0 unspecified atom stereocenters. The second kappa shape index (κ2) is 7.28. The van der Waals surface area contributed by atoms with Gasteiger partial charge in [-0.2, -0.15) is 14.9 Å². The quantitative estimate of drug-likeness (QED) is 0.530. The van der Waals surface area contributed by atoms with Gasteiger partial charge in [-0.1, -0.05) is 23.7 Å². The predicted molar refractivity (Wildman–Crippen MR) is 95.8 cm³/mol. The first-order chi connectivity index (χ1) is 12.4. The Hall–Kier alpha value is -3.33. The van der Waals surface area contributed by atoms with E-state index in [0.29, 0.717) is 10.7 Å². The van der Waals surface area contributed by atoms with E-state index >= 15 is 0 Å². The van der Waals surface area contributed by atoms with Crippen LogP contribution in [0.1, 0.15) is 27.4 Å². The third-order valence-electron chi connectivity index (χ3n) is 3.34. The highest BCUT2D eigenvalue weighted by Crippen LogP contribution is 2.09. The van der Waals surface area contributed by atoms with Crippen LogP contribution in [0.5, 0.6) is 0 Å². The molecule has 2 N–H and O–H groups in total. The Morgan fingerprint density at radius 3 is 2.85 bits per heavy atom. The Balaban J connectivity index is 1.84. The minimum absolute atomic E-state index is 0.0395. The van der Waals surface area contributed by atoms with Gasteiger partial charge in [0.2, 0.25) is 0 Å². The van der Waals surface area contributed by atoms with Crippen molar-refractivity contribution in [2.75, 3.05) is 0 Å². The van der Waals surface area contributed by atoms with Crippen molar-refractivity contribution in [1.29, 1.82) is 0 Å². The number of rotatable bonds is 4. The molecule has 132 valence electrons. The van der Waals surface area contributed by atoms with Crippen LogP contribution in [0.25, 0.3) is 5.95 Å². The maximum Gasteiger partial charge on any atom is 0.290 e. The van der Waals surface area contributed by atoms with Crippen LogP contribution in [-0.4, -0.2) is 37.1 Å².